The zero-order valence-electron chi connectivity index (χ0n) is 12.4. The monoisotopic (exact) mass is 333 g/mol. The summed E-state index contributed by atoms with van der Waals surface area (Å²) in [7, 11) is 0. The summed E-state index contributed by atoms with van der Waals surface area (Å²) in [5, 5.41) is 33.0. The van der Waals surface area contributed by atoms with Crippen LogP contribution in [0.3, 0.4) is 0 Å². The van der Waals surface area contributed by atoms with E-state index in [1.807, 2.05) is 13.0 Å². The summed E-state index contributed by atoms with van der Waals surface area (Å²) in [6.45, 7) is 1.68. The third-order valence-electron chi connectivity index (χ3n) is 3.10. The molecule has 0 heterocycles. The Morgan fingerprint density at radius 3 is 1.96 bits per heavy atom. The van der Waals surface area contributed by atoms with Gasteiger partial charge in [-0.1, -0.05) is 29.8 Å². The van der Waals surface area contributed by atoms with Crippen molar-refractivity contribution in [3.8, 4) is 5.75 Å². The molecule has 0 amide bonds. The third-order valence-corrected chi connectivity index (χ3v) is 3.10. The van der Waals surface area contributed by atoms with E-state index in [0.29, 0.717) is 17.7 Å². The molecule has 0 bridgehead atoms. The summed E-state index contributed by atoms with van der Waals surface area (Å²) in [4.78, 5) is 30.2. The van der Waals surface area contributed by atoms with E-state index in [4.69, 9.17) is 4.74 Å². The molecule has 0 fully saturated rings. The number of non-ortho nitro benzene ring substituents is 1. The van der Waals surface area contributed by atoms with Gasteiger partial charge in [0.1, 0.15) is 6.61 Å². The van der Waals surface area contributed by atoms with Crippen LogP contribution in [0.1, 0.15) is 11.1 Å². The van der Waals surface area contributed by atoms with E-state index in [2.05, 4.69) is 0 Å². The standard InChI is InChI=1S/C14H11N3O7/c1-9-3-2-4-10(5-9)8-24-14-12(16(20)21)6-11(15(18)19)7-13(14)17(22)23/h2-7H,8H2,1H3. The molecule has 124 valence electrons. The largest absolute Gasteiger partial charge is 0.477 e. The average molecular weight is 333 g/mol. The molecule has 0 atom stereocenters. The van der Waals surface area contributed by atoms with Crippen molar-refractivity contribution < 1.29 is 19.5 Å². The molecule has 2 aromatic rings. The minimum Gasteiger partial charge on any atom is -0.477 e. The van der Waals surface area contributed by atoms with Crippen LogP contribution in [0.4, 0.5) is 17.1 Å². The third kappa shape index (κ3) is 3.61. The fraction of sp³-hybridized carbons (Fsp3) is 0.143. The second kappa shape index (κ2) is 6.69. The number of hydrogen-bond acceptors (Lipinski definition) is 7. The maximum atomic E-state index is 11.1. The van der Waals surface area contributed by atoms with Gasteiger partial charge < -0.3 is 4.74 Å². The second-order valence-electron chi connectivity index (χ2n) is 4.86. The molecule has 0 aromatic heterocycles. The van der Waals surface area contributed by atoms with Crippen LogP contribution in [0.25, 0.3) is 0 Å². The van der Waals surface area contributed by atoms with Gasteiger partial charge in [0.05, 0.1) is 26.9 Å². The van der Waals surface area contributed by atoms with Crippen molar-refractivity contribution in [2.24, 2.45) is 0 Å². The van der Waals surface area contributed by atoms with Gasteiger partial charge in [-0.05, 0) is 12.5 Å². The van der Waals surface area contributed by atoms with Gasteiger partial charge >= 0.3 is 11.4 Å². The molecule has 0 saturated heterocycles. The Balaban J connectivity index is 2.48. The van der Waals surface area contributed by atoms with Gasteiger partial charge in [0.15, 0.2) is 0 Å². The smallest absolute Gasteiger partial charge is 0.325 e. The van der Waals surface area contributed by atoms with E-state index in [-0.39, 0.29) is 6.61 Å². The maximum Gasteiger partial charge on any atom is 0.325 e. The van der Waals surface area contributed by atoms with Gasteiger partial charge in [-0.25, -0.2) is 0 Å². The molecule has 2 aromatic carbocycles. The van der Waals surface area contributed by atoms with Gasteiger partial charge in [-0.3, -0.25) is 30.3 Å². The Morgan fingerprint density at radius 2 is 1.50 bits per heavy atom. The minimum absolute atomic E-state index is 0.152. The first-order valence-electron chi connectivity index (χ1n) is 6.59. The molecule has 0 aliphatic rings. The zero-order chi connectivity index (χ0) is 17.9. The number of aryl methyl sites for hydroxylation is 1. The van der Waals surface area contributed by atoms with Crippen LogP contribution in [0.15, 0.2) is 36.4 Å². The molecule has 0 spiro atoms. The number of hydrogen-bond donors (Lipinski definition) is 0. The van der Waals surface area contributed by atoms with Gasteiger partial charge in [-0.15, -0.1) is 0 Å². The Hall–Kier alpha value is -3.56. The van der Waals surface area contributed by atoms with Gasteiger partial charge in [0.2, 0.25) is 0 Å². The van der Waals surface area contributed by atoms with E-state index in [1.165, 1.54) is 0 Å². The molecule has 10 heteroatoms. The highest BCUT2D eigenvalue weighted by atomic mass is 16.6. The molecule has 0 aliphatic carbocycles. The molecule has 0 radical (unpaired) electrons. The SMILES string of the molecule is Cc1cccc(COc2c([N+](=O)[O-])cc([N+](=O)[O-])cc2[N+](=O)[O-])c1. The summed E-state index contributed by atoms with van der Waals surface area (Å²) >= 11 is 0. The lowest BCUT2D eigenvalue weighted by molar-refractivity contribution is -0.404. The highest BCUT2D eigenvalue weighted by Gasteiger charge is 2.32. The normalized spacial score (nSPS) is 10.2. The van der Waals surface area contributed by atoms with Crippen molar-refractivity contribution >= 4 is 17.1 Å². The summed E-state index contributed by atoms with van der Waals surface area (Å²) < 4.78 is 5.26. The van der Waals surface area contributed by atoms with Crippen LogP contribution in [0, 0.1) is 37.3 Å². The van der Waals surface area contributed by atoms with E-state index in [9.17, 15) is 30.3 Å². The van der Waals surface area contributed by atoms with Crippen molar-refractivity contribution in [2.75, 3.05) is 0 Å². The molecule has 0 saturated carbocycles. The van der Waals surface area contributed by atoms with Crippen LogP contribution in [-0.4, -0.2) is 14.8 Å². The lowest BCUT2D eigenvalue weighted by atomic mass is 10.1. The summed E-state index contributed by atoms with van der Waals surface area (Å²) in [6.07, 6.45) is 0. The first kappa shape index (κ1) is 16.8. The zero-order valence-corrected chi connectivity index (χ0v) is 12.4. The van der Waals surface area contributed by atoms with Crippen LogP contribution in [0.2, 0.25) is 0 Å². The number of nitro groups is 3. The predicted molar refractivity (Wildman–Crippen MR) is 81.9 cm³/mol. The topological polar surface area (TPSA) is 139 Å². The molecule has 0 aliphatic heterocycles. The Labute approximate surface area is 134 Å². The number of rotatable bonds is 6. The minimum atomic E-state index is -0.953. The van der Waals surface area contributed by atoms with Crippen molar-refractivity contribution in [1.82, 2.24) is 0 Å². The van der Waals surface area contributed by atoms with Crippen LogP contribution in [0.5, 0.6) is 5.75 Å². The quantitative estimate of drug-likeness (QED) is 0.583. The molecule has 24 heavy (non-hydrogen) atoms. The molecule has 0 N–H and O–H groups in total. The Bertz CT molecular complexity index is 800. The Morgan fingerprint density at radius 1 is 0.917 bits per heavy atom. The van der Waals surface area contributed by atoms with E-state index < -0.39 is 37.6 Å². The van der Waals surface area contributed by atoms with Gasteiger partial charge in [-0.2, -0.15) is 0 Å². The lowest BCUT2D eigenvalue weighted by Crippen LogP contribution is -2.04. The van der Waals surface area contributed by atoms with Crippen molar-refractivity contribution in [3.05, 3.63) is 77.9 Å². The number of benzene rings is 2. The summed E-state index contributed by atoms with van der Waals surface area (Å²) in [5.74, 6) is -0.614. The molecule has 2 rings (SSSR count). The van der Waals surface area contributed by atoms with Gasteiger partial charge in [0, 0.05) is 0 Å². The van der Waals surface area contributed by atoms with Crippen molar-refractivity contribution in [1.29, 1.82) is 0 Å². The van der Waals surface area contributed by atoms with Gasteiger partial charge in [0.25, 0.3) is 11.4 Å². The molecular weight excluding hydrogens is 322 g/mol. The van der Waals surface area contributed by atoms with E-state index in [0.717, 1.165) is 5.56 Å². The molecule has 0 unspecified atom stereocenters. The van der Waals surface area contributed by atoms with Crippen LogP contribution in [-0.2, 0) is 6.61 Å². The summed E-state index contributed by atoms with van der Waals surface area (Å²) in [5.41, 5.74) is -0.843. The summed E-state index contributed by atoms with van der Waals surface area (Å²) in [6, 6.07) is 8.29. The number of ether oxygens (including phenoxy) is 1. The van der Waals surface area contributed by atoms with Crippen LogP contribution < -0.4 is 4.74 Å². The fourth-order valence-electron chi connectivity index (χ4n) is 2.07. The van der Waals surface area contributed by atoms with Crippen LogP contribution >= 0.6 is 0 Å². The van der Waals surface area contributed by atoms with Crippen molar-refractivity contribution in [2.45, 2.75) is 13.5 Å². The number of nitro benzene ring substituents is 3. The van der Waals surface area contributed by atoms with E-state index >= 15 is 0 Å². The van der Waals surface area contributed by atoms with Crippen molar-refractivity contribution in [3.63, 3.8) is 0 Å². The second-order valence-corrected chi connectivity index (χ2v) is 4.86. The Kier molecular flexibility index (Phi) is 4.68. The number of nitrogens with zero attached hydrogens (tertiary/aromatic N) is 3. The maximum absolute atomic E-state index is 11.1. The first-order chi connectivity index (χ1) is 11.3. The molecular formula is C14H11N3O7. The molecule has 10 nitrogen and oxygen atoms in total. The van der Waals surface area contributed by atoms with E-state index in [1.54, 1.807) is 18.2 Å². The first-order valence-corrected chi connectivity index (χ1v) is 6.59. The highest BCUT2D eigenvalue weighted by molar-refractivity contribution is 5.65. The fourth-order valence-corrected chi connectivity index (χ4v) is 2.07. The highest BCUT2D eigenvalue weighted by Crippen LogP contribution is 2.40. The lowest BCUT2D eigenvalue weighted by Gasteiger charge is -2.08. The predicted octanol–water partition coefficient (Wildman–Crippen LogP) is 3.30. The average Bonchev–Trinajstić information content (AvgIpc) is 2.51.